The molecule has 0 heterocycles. The molecule has 0 aliphatic carbocycles. The quantitative estimate of drug-likeness (QED) is 0.438. The molecule has 20 heavy (non-hydrogen) atoms. The number of carbonyl (C=O) groups is 1. The number of amides is 1. The van der Waals surface area contributed by atoms with Crippen LogP contribution in [0.15, 0.2) is 0 Å². The Balaban J connectivity index is 3.09. The highest BCUT2D eigenvalue weighted by Gasteiger charge is 2.00. The third kappa shape index (κ3) is 15.5. The normalized spacial score (nSPS) is 10.7. The van der Waals surface area contributed by atoms with Crippen LogP contribution in [0.3, 0.4) is 0 Å². The highest BCUT2D eigenvalue weighted by Crippen LogP contribution is 2.10. The lowest BCUT2D eigenvalue weighted by atomic mass is 10.1. The maximum absolute atomic E-state index is 11.5. The van der Waals surface area contributed by atoms with E-state index >= 15 is 0 Å². The molecule has 0 saturated carbocycles. The number of rotatable bonds is 15. The van der Waals surface area contributed by atoms with Crippen LogP contribution in [0.5, 0.6) is 0 Å². The van der Waals surface area contributed by atoms with Crippen LogP contribution in [0, 0.1) is 0 Å². The Hall–Kier alpha value is -0.570. The Kier molecular flexibility index (Phi) is 16.0. The van der Waals surface area contributed by atoms with Gasteiger partial charge in [-0.25, -0.2) is 5.11 Å². The average Bonchev–Trinajstić information content (AvgIpc) is 2.45. The van der Waals surface area contributed by atoms with Crippen LogP contribution in [0.4, 0.5) is 0 Å². The Morgan fingerprint density at radius 3 is 1.85 bits per heavy atom. The van der Waals surface area contributed by atoms with Crippen LogP contribution in [0.25, 0.3) is 0 Å². The first-order chi connectivity index (χ1) is 9.81. The van der Waals surface area contributed by atoms with E-state index in [1.54, 1.807) is 0 Å². The van der Waals surface area contributed by atoms with Gasteiger partial charge in [-0.3, -0.25) is 4.79 Å². The summed E-state index contributed by atoms with van der Waals surface area (Å²) < 4.78 is 0. The minimum absolute atomic E-state index is 0.0838. The van der Waals surface area contributed by atoms with Crippen molar-refractivity contribution in [3.05, 3.63) is 0 Å². The molecule has 0 atom stereocenters. The van der Waals surface area contributed by atoms with E-state index in [-0.39, 0.29) is 12.5 Å². The van der Waals surface area contributed by atoms with Gasteiger partial charge in [0.05, 0.1) is 6.61 Å². The van der Waals surface area contributed by atoms with Crippen molar-refractivity contribution in [2.75, 3.05) is 13.2 Å². The fourth-order valence-corrected chi connectivity index (χ4v) is 2.32. The van der Waals surface area contributed by atoms with Gasteiger partial charge in [-0.05, 0) is 19.3 Å². The molecule has 3 heteroatoms. The number of hydrogen-bond donors (Lipinski definition) is 1. The van der Waals surface area contributed by atoms with E-state index in [2.05, 4.69) is 12.2 Å². The molecule has 3 nitrogen and oxygen atoms in total. The number of nitrogens with one attached hydrogen (secondary N) is 1. The van der Waals surface area contributed by atoms with Crippen LogP contribution in [0.2, 0.25) is 0 Å². The number of carbonyl (C=O) groups excluding carboxylic acids is 1. The zero-order chi connectivity index (χ0) is 14.9. The van der Waals surface area contributed by atoms with Crippen LogP contribution in [-0.4, -0.2) is 19.1 Å². The highest BCUT2D eigenvalue weighted by atomic mass is 16.2. The summed E-state index contributed by atoms with van der Waals surface area (Å²) in [5.74, 6) is 0.221. The Morgan fingerprint density at radius 2 is 1.30 bits per heavy atom. The molecule has 119 valence electrons. The fraction of sp³-hybridized carbons (Fsp3) is 0.941. The van der Waals surface area contributed by atoms with Crippen molar-refractivity contribution in [3.8, 4) is 0 Å². The molecule has 0 spiro atoms. The van der Waals surface area contributed by atoms with Crippen molar-refractivity contribution in [2.45, 2.75) is 90.4 Å². The van der Waals surface area contributed by atoms with Crippen molar-refractivity contribution < 1.29 is 9.90 Å². The average molecular weight is 284 g/mol. The lowest BCUT2D eigenvalue weighted by molar-refractivity contribution is -0.121. The van der Waals surface area contributed by atoms with Crippen LogP contribution < -0.4 is 5.32 Å². The van der Waals surface area contributed by atoms with Gasteiger partial charge >= 0.3 is 0 Å². The third-order valence-electron chi connectivity index (χ3n) is 3.65. The Bertz CT molecular complexity index is 207. The standard InChI is InChI=1S/C17H34NO2/c1-2-3-12-15-18-17(20)14-11-9-7-5-4-6-8-10-13-16-19/h2-16H2,1H3,(H,18,20). The molecule has 0 aliphatic rings. The smallest absolute Gasteiger partial charge is 0.219 e. The molecule has 0 aromatic heterocycles. The molecule has 1 N–H and O–H groups in total. The molecule has 0 unspecified atom stereocenters. The second kappa shape index (κ2) is 16.5. The largest absolute Gasteiger partial charge is 0.356 e. The molecule has 0 rings (SSSR count). The van der Waals surface area contributed by atoms with Gasteiger partial charge in [0.1, 0.15) is 0 Å². The summed E-state index contributed by atoms with van der Waals surface area (Å²) in [4.78, 5) is 11.5. The predicted octanol–water partition coefficient (Wildman–Crippen LogP) is 4.62. The highest BCUT2D eigenvalue weighted by molar-refractivity contribution is 5.75. The first-order valence-corrected chi connectivity index (χ1v) is 8.66. The molecule has 0 bridgehead atoms. The molecule has 0 saturated heterocycles. The van der Waals surface area contributed by atoms with Crippen molar-refractivity contribution >= 4 is 5.91 Å². The molecular formula is C17H34NO2. The second-order valence-electron chi connectivity index (χ2n) is 5.69. The van der Waals surface area contributed by atoms with Crippen LogP contribution in [-0.2, 0) is 9.90 Å². The predicted molar refractivity (Wildman–Crippen MR) is 84.3 cm³/mol. The van der Waals surface area contributed by atoms with Crippen molar-refractivity contribution in [1.29, 1.82) is 0 Å². The van der Waals surface area contributed by atoms with E-state index in [0.717, 1.165) is 32.2 Å². The Morgan fingerprint density at radius 1 is 0.750 bits per heavy atom. The molecule has 0 fully saturated rings. The van der Waals surface area contributed by atoms with Crippen LogP contribution >= 0.6 is 0 Å². The maximum Gasteiger partial charge on any atom is 0.219 e. The SMILES string of the molecule is CCCCCNC(=O)CCCCCCCCCCC[O]. The van der Waals surface area contributed by atoms with Crippen molar-refractivity contribution in [3.63, 3.8) is 0 Å². The summed E-state index contributed by atoms with van der Waals surface area (Å²) in [5.41, 5.74) is 0. The zero-order valence-corrected chi connectivity index (χ0v) is 13.4. The van der Waals surface area contributed by atoms with Gasteiger partial charge in [0.2, 0.25) is 5.91 Å². The monoisotopic (exact) mass is 284 g/mol. The van der Waals surface area contributed by atoms with Gasteiger partial charge in [-0.15, -0.1) is 0 Å². The lowest BCUT2D eigenvalue weighted by Crippen LogP contribution is -2.23. The fourth-order valence-electron chi connectivity index (χ4n) is 2.32. The summed E-state index contributed by atoms with van der Waals surface area (Å²) in [6.45, 7) is 3.10. The van der Waals surface area contributed by atoms with Crippen molar-refractivity contribution in [2.24, 2.45) is 0 Å². The number of unbranched alkanes of at least 4 members (excludes halogenated alkanes) is 10. The molecule has 0 aromatic rings. The maximum atomic E-state index is 11.5. The summed E-state index contributed by atoms with van der Waals surface area (Å²) in [6, 6.07) is 0. The molecule has 0 aliphatic heterocycles. The minimum Gasteiger partial charge on any atom is -0.356 e. The van der Waals surface area contributed by atoms with E-state index in [1.807, 2.05) is 0 Å². The van der Waals surface area contributed by atoms with E-state index in [9.17, 15) is 9.90 Å². The van der Waals surface area contributed by atoms with Gasteiger partial charge in [-0.1, -0.05) is 64.7 Å². The van der Waals surface area contributed by atoms with E-state index in [1.165, 1.54) is 51.4 Å². The first kappa shape index (κ1) is 19.4. The van der Waals surface area contributed by atoms with Gasteiger partial charge in [0, 0.05) is 13.0 Å². The summed E-state index contributed by atoms with van der Waals surface area (Å²) in [6.07, 6.45) is 14.6. The molecular weight excluding hydrogens is 250 g/mol. The molecule has 1 radical (unpaired) electrons. The zero-order valence-electron chi connectivity index (χ0n) is 13.4. The van der Waals surface area contributed by atoms with E-state index in [0.29, 0.717) is 6.42 Å². The summed E-state index contributed by atoms with van der Waals surface area (Å²) in [5, 5.41) is 13.2. The van der Waals surface area contributed by atoms with Gasteiger partial charge in [0.25, 0.3) is 0 Å². The van der Waals surface area contributed by atoms with E-state index < -0.39 is 0 Å². The van der Waals surface area contributed by atoms with E-state index in [4.69, 9.17) is 0 Å². The summed E-state index contributed by atoms with van der Waals surface area (Å²) in [7, 11) is 0. The number of hydrogen-bond acceptors (Lipinski definition) is 1. The molecule has 1 amide bonds. The lowest BCUT2D eigenvalue weighted by Gasteiger charge is -2.05. The second-order valence-corrected chi connectivity index (χ2v) is 5.69. The van der Waals surface area contributed by atoms with Gasteiger partial charge in [-0.2, -0.15) is 0 Å². The first-order valence-electron chi connectivity index (χ1n) is 8.66. The summed E-state index contributed by atoms with van der Waals surface area (Å²) >= 11 is 0. The van der Waals surface area contributed by atoms with Gasteiger partial charge in [0.15, 0.2) is 0 Å². The molecule has 0 aromatic carbocycles. The van der Waals surface area contributed by atoms with Crippen LogP contribution in [0.1, 0.15) is 90.4 Å². The van der Waals surface area contributed by atoms with Crippen molar-refractivity contribution in [1.82, 2.24) is 5.32 Å². The Labute approximate surface area is 125 Å². The van der Waals surface area contributed by atoms with Gasteiger partial charge < -0.3 is 5.32 Å². The topological polar surface area (TPSA) is 49.0 Å². The third-order valence-corrected chi connectivity index (χ3v) is 3.65. The minimum atomic E-state index is 0.0838.